The number of piperidine rings is 1. The molecule has 1 aliphatic rings. The summed E-state index contributed by atoms with van der Waals surface area (Å²) in [6, 6.07) is 10.1. The predicted molar refractivity (Wildman–Crippen MR) is 109 cm³/mol. The number of amides is 2. The van der Waals surface area contributed by atoms with E-state index in [-0.39, 0.29) is 17.7 Å². The van der Waals surface area contributed by atoms with E-state index in [1.54, 1.807) is 11.0 Å². The van der Waals surface area contributed by atoms with Crippen LogP contribution in [-0.2, 0) is 4.79 Å². The number of nitrogens with one attached hydrogen (secondary N) is 1. The number of likely N-dealkylation sites (N-methyl/N-ethyl adjacent to an activating group) is 1. The Labute approximate surface area is 166 Å². The number of hydrogen-bond acceptors (Lipinski definition) is 4. The third-order valence-corrected chi connectivity index (χ3v) is 5.35. The van der Waals surface area contributed by atoms with Crippen LogP contribution < -0.4 is 10.2 Å². The summed E-state index contributed by atoms with van der Waals surface area (Å²) >= 11 is 0. The van der Waals surface area contributed by atoms with Crippen molar-refractivity contribution in [2.45, 2.75) is 26.7 Å². The minimum absolute atomic E-state index is 0.0237. The normalized spacial score (nSPS) is 14.7. The van der Waals surface area contributed by atoms with Crippen LogP contribution in [0.5, 0.6) is 0 Å². The molecule has 0 aliphatic carbocycles. The fourth-order valence-electron chi connectivity index (χ4n) is 3.67. The highest BCUT2D eigenvalue weighted by Crippen LogP contribution is 2.20. The Balaban J connectivity index is 1.42. The Kier molecular flexibility index (Phi) is 6.74. The van der Waals surface area contributed by atoms with Crippen LogP contribution >= 0.6 is 0 Å². The second-order valence-corrected chi connectivity index (χ2v) is 7.29. The van der Waals surface area contributed by atoms with Crippen molar-refractivity contribution in [1.82, 2.24) is 10.2 Å². The zero-order chi connectivity index (χ0) is 19.9. The fraction of sp³-hybridized carbons (Fsp3) is 0.455. The van der Waals surface area contributed by atoms with E-state index in [9.17, 15) is 9.59 Å². The molecule has 1 saturated heterocycles. The van der Waals surface area contributed by atoms with Gasteiger partial charge in [-0.05, 0) is 50.5 Å². The van der Waals surface area contributed by atoms with Crippen molar-refractivity contribution in [3.63, 3.8) is 0 Å². The molecule has 1 N–H and O–H groups in total. The molecule has 1 fully saturated rings. The fourth-order valence-corrected chi connectivity index (χ4v) is 3.67. The molecule has 6 heteroatoms. The molecule has 0 radical (unpaired) electrons. The summed E-state index contributed by atoms with van der Waals surface area (Å²) in [5.41, 5.74) is 2.98. The van der Waals surface area contributed by atoms with Crippen LogP contribution in [0.2, 0.25) is 0 Å². The van der Waals surface area contributed by atoms with Gasteiger partial charge >= 0.3 is 0 Å². The zero-order valence-corrected chi connectivity index (χ0v) is 16.7. The first kappa shape index (κ1) is 20.0. The van der Waals surface area contributed by atoms with Crippen LogP contribution in [0.25, 0.3) is 0 Å². The standard InChI is InChI=1S/C22H29N3O3/c1-3-24(20-6-4-5-17(2)15-20)13-10-23-21(26)18-7-11-25(12-8-18)22(27)19-9-14-28-16-19/h4-6,9,14-16,18H,3,7-8,10-13H2,1-2H3,(H,23,26). The molecular formula is C22H29N3O3. The molecule has 0 saturated carbocycles. The number of benzene rings is 1. The van der Waals surface area contributed by atoms with Crippen LogP contribution in [0, 0.1) is 12.8 Å². The van der Waals surface area contributed by atoms with Crippen LogP contribution in [0.4, 0.5) is 5.69 Å². The lowest BCUT2D eigenvalue weighted by atomic mass is 9.95. The molecule has 3 rings (SSSR count). The van der Waals surface area contributed by atoms with Gasteiger partial charge in [-0.25, -0.2) is 0 Å². The molecule has 2 aromatic rings. The van der Waals surface area contributed by atoms with E-state index in [1.165, 1.54) is 23.8 Å². The second-order valence-electron chi connectivity index (χ2n) is 7.29. The first-order valence-corrected chi connectivity index (χ1v) is 9.99. The maximum Gasteiger partial charge on any atom is 0.257 e. The second kappa shape index (κ2) is 9.44. The molecule has 0 bridgehead atoms. The first-order chi connectivity index (χ1) is 13.6. The number of carbonyl (C=O) groups excluding carboxylic acids is 2. The van der Waals surface area contributed by atoms with E-state index >= 15 is 0 Å². The van der Waals surface area contributed by atoms with E-state index in [0.717, 1.165) is 13.1 Å². The molecule has 0 spiro atoms. The Morgan fingerprint density at radius 1 is 1.25 bits per heavy atom. The molecular weight excluding hydrogens is 354 g/mol. The SMILES string of the molecule is CCN(CCNC(=O)C1CCN(C(=O)c2ccoc2)CC1)c1cccc(C)c1. The van der Waals surface area contributed by atoms with Crippen LogP contribution in [0.1, 0.15) is 35.7 Å². The molecule has 6 nitrogen and oxygen atoms in total. The van der Waals surface area contributed by atoms with Gasteiger partial charge in [-0.1, -0.05) is 12.1 Å². The first-order valence-electron chi connectivity index (χ1n) is 9.99. The highest BCUT2D eigenvalue weighted by Gasteiger charge is 2.28. The molecule has 28 heavy (non-hydrogen) atoms. The highest BCUT2D eigenvalue weighted by molar-refractivity contribution is 5.94. The van der Waals surface area contributed by atoms with Crippen molar-refractivity contribution in [2.75, 3.05) is 37.6 Å². The molecule has 2 heterocycles. The minimum Gasteiger partial charge on any atom is -0.472 e. The summed E-state index contributed by atoms with van der Waals surface area (Å²) < 4.78 is 4.98. The van der Waals surface area contributed by atoms with Crippen molar-refractivity contribution < 1.29 is 14.0 Å². The summed E-state index contributed by atoms with van der Waals surface area (Å²) in [6.45, 7) is 7.71. The van der Waals surface area contributed by atoms with E-state index < -0.39 is 0 Å². The third-order valence-electron chi connectivity index (χ3n) is 5.35. The smallest absolute Gasteiger partial charge is 0.257 e. The van der Waals surface area contributed by atoms with E-state index in [2.05, 4.69) is 48.3 Å². The molecule has 1 aliphatic heterocycles. The van der Waals surface area contributed by atoms with Gasteiger partial charge in [0.05, 0.1) is 11.8 Å². The van der Waals surface area contributed by atoms with Crippen LogP contribution in [-0.4, -0.2) is 49.4 Å². The molecule has 2 amide bonds. The predicted octanol–water partition coefficient (Wildman–Crippen LogP) is 3.08. The Morgan fingerprint density at radius 3 is 2.68 bits per heavy atom. The summed E-state index contributed by atoms with van der Waals surface area (Å²) in [6.07, 6.45) is 4.37. The van der Waals surface area contributed by atoms with Gasteiger partial charge in [0.25, 0.3) is 5.91 Å². The van der Waals surface area contributed by atoms with Crippen LogP contribution in [0.15, 0.2) is 47.3 Å². The average molecular weight is 383 g/mol. The molecule has 0 unspecified atom stereocenters. The number of furan rings is 1. The van der Waals surface area contributed by atoms with Crippen LogP contribution in [0.3, 0.4) is 0 Å². The lowest BCUT2D eigenvalue weighted by molar-refractivity contribution is -0.126. The number of nitrogens with zero attached hydrogens (tertiary/aromatic N) is 2. The Hall–Kier alpha value is -2.76. The largest absolute Gasteiger partial charge is 0.472 e. The Bertz CT molecular complexity index is 780. The van der Waals surface area contributed by atoms with Gasteiger partial charge in [-0.3, -0.25) is 9.59 Å². The van der Waals surface area contributed by atoms with Gasteiger partial charge in [-0.15, -0.1) is 0 Å². The summed E-state index contributed by atoms with van der Waals surface area (Å²) in [4.78, 5) is 28.9. The number of anilines is 1. The zero-order valence-electron chi connectivity index (χ0n) is 16.7. The quantitative estimate of drug-likeness (QED) is 0.798. The number of hydrogen-bond donors (Lipinski definition) is 1. The van der Waals surface area contributed by atoms with Gasteiger partial charge in [0.15, 0.2) is 0 Å². The van der Waals surface area contributed by atoms with Gasteiger partial charge in [0.2, 0.25) is 5.91 Å². The number of carbonyl (C=O) groups is 2. The molecule has 0 atom stereocenters. The highest BCUT2D eigenvalue weighted by atomic mass is 16.3. The minimum atomic E-state index is -0.0255. The van der Waals surface area contributed by atoms with Gasteiger partial charge in [-0.2, -0.15) is 0 Å². The van der Waals surface area contributed by atoms with E-state index in [0.29, 0.717) is 38.0 Å². The topological polar surface area (TPSA) is 65.8 Å². The maximum atomic E-state index is 12.5. The maximum absolute atomic E-state index is 12.5. The van der Waals surface area contributed by atoms with Gasteiger partial charge in [0.1, 0.15) is 6.26 Å². The number of aryl methyl sites for hydroxylation is 1. The van der Waals surface area contributed by atoms with E-state index in [4.69, 9.17) is 4.42 Å². The van der Waals surface area contributed by atoms with Crippen molar-refractivity contribution in [2.24, 2.45) is 5.92 Å². The molecule has 1 aromatic carbocycles. The van der Waals surface area contributed by atoms with Crippen molar-refractivity contribution in [1.29, 1.82) is 0 Å². The lowest BCUT2D eigenvalue weighted by Crippen LogP contribution is -2.44. The van der Waals surface area contributed by atoms with Gasteiger partial charge in [0, 0.05) is 44.3 Å². The van der Waals surface area contributed by atoms with Crippen molar-refractivity contribution in [3.8, 4) is 0 Å². The summed E-state index contributed by atoms with van der Waals surface area (Å²) in [5, 5.41) is 3.07. The van der Waals surface area contributed by atoms with E-state index in [1.807, 2.05) is 0 Å². The number of rotatable bonds is 7. The Morgan fingerprint density at radius 2 is 2.04 bits per heavy atom. The molecule has 1 aromatic heterocycles. The summed E-state index contributed by atoms with van der Waals surface area (Å²) in [7, 11) is 0. The monoisotopic (exact) mass is 383 g/mol. The van der Waals surface area contributed by atoms with Crippen molar-refractivity contribution >= 4 is 17.5 Å². The average Bonchev–Trinajstić information content (AvgIpc) is 3.25. The van der Waals surface area contributed by atoms with Gasteiger partial charge < -0.3 is 19.5 Å². The lowest BCUT2D eigenvalue weighted by Gasteiger charge is -2.31. The molecule has 150 valence electrons. The summed E-state index contributed by atoms with van der Waals surface area (Å²) in [5.74, 6) is 0.0440. The third kappa shape index (κ3) is 4.94. The van der Waals surface area contributed by atoms with Crippen molar-refractivity contribution in [3.05, 3.63) is 54.0 Å². The number of likely N-dealkylation sites (tertiary alicyclic amines) is 1.